The normalized spacial score (nSPS) is 22.4. The molecule has 8 nitrogen and oxygen atoms in total. The number of aryl methyl sites for hydroxylation is 1. The number of likely N-dealkylation sites (tertiary alicyclic amines) is 1. The third kappa shape index (κ3) is 3.67. The van der Waals surface area contributed by atoms with E-state index in [0.29, 0.717) is 5.69 Å². The lowest BCUT2D eigenvalue weighted by Crippen LogP contribution is -2.46. The maximum atomic E-state index is 14.5. The van der Waals surface area contributed by atoms with Crippen LogP contribution in [0.2, 0.25) is 5.02 Å². The fourth-order valence-electron chi connectivity index (χ4n) is 4.05. The van der Waals surface area contributed by atoms with E-state index in [1.54, 1.807) is 19.1 Å². The number of aromatic nitrogens is 2. The summed E-state index contributed by atoms with van der Waals surface area (Å²) in [4.78, 5) is 34.3. The van der Waals surface area contributed by atoms with Crippen molar-refractivity contribution in [1.82, 2.24) is 14.9 Å². The average molecular weight is 468 g/mol. The summed E-state index contributed by atoms with van der Waals surface area (Å²) in [5, 5.41) is 8.44. The SMILES string of the molecule is Cc1cccc(S(=O)(=O)[C@@H]2C[C@@H](C(=O)O)N(C(=O)C3(c4ncc(Cl)cc4F)CC3)C2)n1. The molecule has 1 N–H and O–H groups in total. The van der Waals surface area contributed by atoms with Crippen molar-refractivity contribution in [2.45, 2.75) is 47.9 Å². The van der Waals surface area contributed by atoms with Gasteiger partial charge in [0.2, 0.25) is 5.91 Å². The fourth-order valence-corrected chi connectivity index (χ4v) is 5.86. The van der Waals surface area contributed by atoms with Crippen molar-refractivity contribution in [1.29, 1.82) is 0 Å². The first-order valence-electron chi connectivity index (χ1n) is 9.59. The molecule has 1 aliphatic carbocycles. The number of hydrogen-bond donors (Lipinski definition) is 1. The number of sulfone groups is 1. The van der Waals surface area contributed by atoms with E-state index in [9.17, 15) is 27.5 Å². The van der Waals surface area contributed by atoms with Crippen LogP contribution >= 0.6 is 11.6 Å². The van der Waals surface area contributed by atoms with Crippen LogP contribution in [0.25, 0.3) is 0 Å². The molecule has 1 saturated carbocycles. The van der Waals surface area contributed by atoms with E-state index in [0.717, 1.165) is 11.0 Å². The molecule has 1 aliphatic heterocycles. The van der Waals surface area contributed by atoms with Crippen molar-refractivity contribution >= 4 is 33.3 Å². The summed E-state index contributed by atoms with van der Waals surface area (Å²) in [6.45, 7) is 1.33. The first kappa shape index (κ1) is 21.6. The lowest BCUT2D eigenvalue weighted by atomic mass is 9.98. The molecule has 0 spiro atoms. The van der Waals surface area contributed by atoms with Gasteiger partial charge in [-0.2, -0.15) is 0 Å². The number of hydrogen-bond acceptors (Lipinski definition) is 6. The first-order valence-corrected chi connectivity index (χ1v) is 11.5. The molecule has 4 rings (SSSR count). The number of nitrogens with zero attached hydrogens (tertiary/aromatic N) is 3. The van der Waals surface area contributed by atoms with Gasteiger partial charge in [-0.05, 0) is 44.4 Å². The van der Waals surface area contributed by atoms with Crippen molar-refractivity contribution < 1.29 is 27.5 Å². The van der Waals surface area contributed by atoms with Crippen LogP contribution in [0.5, 0.6) is 0 Å². The zero-order valence-electron chi connectivity index (χ0n) is 16.5. The van der Waals surface area contributed by atoms with Gasteiger partial charge in [0.15, 0.2) is 14.9 Å². The van der Waals surface area contributed by atoms with Crippen LogP contribution in [0.3, 0.4) is 0 Å². The van der Waals surface area contributed by atoms with Crippen LogP contribution in [0.1, 0.15) is 30.7 Å². The van der Waals surface area contributed by atoms with Gasteiger partial charge in [-0.15, -0.1) is 0 Å². The highest BCUT2D eigenvalue weighted by molar-refractivity contribution is 7.92. The number of carbonyl (C=O) groups excluding carboxylic acids is 1. The zero-order valence-corrected chi connectivity index (χ0v) is 18.0. The Morgan fingerprint density at radius 1 is 1.32 bits per heavy atom. The second-order valence-electron chi connectivity index (χ2n) is 7.90. The van der Waals surface area contributed by atoms with Crippen molar-refractivity contribution in [2.75, 3.05) is 6.54 Å². The van der Waals surface area contributed by atoms with Gasteiger partial charge in [0.1, 0.15) is 11.9 Å². The Bertz CT molecular complexity index is 1190. The molecule has 0 radical (unpaired) electrons. The second-order valence-corrected chi connectivity index (χ2v) is 10.5. The minimum atomic E-state index is -3.97. The monoisotopic (exact) mass is 467 g/mol. The molecule has 0 unspecified atom stereocenters. The highest BCUT2D eigenvalue weighted by atomic mass is 35.5. The van der Waals surface area contributed by atoms with Crippen LogP contribution in [0, 0.1) is 12.7 Å². The predicted octanol–water partition coefficient (Wildman–Crippen LogP) is 2.14. The van der Waals surface area contributed by atoms with E-state index >= 15 is 0 Å². The van der Waals surface area contributed by atoms with Crippen LogP contribution < -0.4 is 0 Å². The van der Waals surface area contributed by atoms with Crippen molar-refractivity contribution in [3.8, 4) is 0 Å². The molecular formula is C20H19ClFN3O5S. The van der Waals surface area contributed by atoms with Gasteiger partial charge in [0, 0.05) is 18.4 Å². The standard InChI is InChI=1S/C20H19ClFN3O5S/c1-11-3-2-4-16(24-11)31(29,30)13-8-15(18(26)27)25(10-13)19(28)20(5-6-20)17-14(22)7-12(21)9-23-17/h2-4,7,9,13,15H,5-6,8,10H2,1H3,(H,26,27)/t13-,15+/m1/s1. The average Bonchev–Trinajstić information content (AvgIpc) is 3.36. The van der Waals surface area contributed by atoms with E-state index in [1.165, 1.54) is 12.3 Å². The van der Waals surface area contributed by atoms with Gasteiger partial charge < -0.3 is 10.0 Å². The highest BCUT2D eigenvalue weighted by Crippen LogP contribution is 2.51. The number of rotatable bonds is 5. The molecular weight excluding hydrogens is 449 g/mol. The number of amides is 1. The highest BCUT2D eigenvalue weighted by Gasteiger charge is 2.59. The smallest absolute Gasteiger partial charge is 0.326 e. The Balaban J connectivity index is 1.66. The van der Waals surface area contributed by atoms with E-state index in [2.05, 4.69) is 9.97 Å². The molecule has 2 aliphatic rings. The molecule has 1 saturated heterocycles. The van der Waals surface area contributed by atoms with Gasteiger partial charge in [-0.25, -0.2) is 22.6 Å². The van der Waals surface area contributed by atoms with Gasteiger partial charge in [0.05, 0.1) is 21.4 Å². The van der Waals surface area contributed by atoms with E-state index in [1.807, 2.05) is 0 Å². The van der Waals surface area contributed by atoms with Gasteiger partial charge >= 0.3 is 5.97 Å². The quantitative estimate of drug-likeness (QED) is 0.715. The number of carbonyl (C=O) groups is 2. The van der Waals surface area contributed by atoms with E-state index < -0.39 is 44.2 Å². The van der Waals surface area contributed by atoms with Gasteiger partial charge in [0.25, 0.3) is 0 Å². The van der Waals surface area contributed by atoms with Gasteiger partial charge in [-0.1, -0.05) is 17.7 Å². The Kier molecular flexibility index (Phi) is 5.25. The Morgan fingerprint density at radius 3 is 2.61 bits per heavy atom. The molecule has 31 heavy (non-hydrogen) atoms. The minimum absolute atomic E-state index is 0.0749. The molecule has 2 aromatic rings. The summed E-state index contributed by atoms with van der Waals surface area (Å²) in [6, 6.07) is 4.25. The number of pyridine rings is 2. The number of aliphatic carboxylic acids is 1. The van der Waals surface area contributed by atoms with Crippen molar-refractivity contribution in [3.05, 3.63) is 52.7 Å². The third-order valence-electron chi connectivity index (χ3n) is 5.82. The van der Waals surface area contributed by atoms with Crippen molar-refractivity contribution in [2.24, 2.45) is 0 Å². The van der Waals surface area contributed by atoms with E-state index in [-0.39, 0.29) is 41.5 Å². The maximum absolute atomic E-state index is 14.5. The number of carboxylic acid groups (broad SMARTS) is 1. The maximum Gasteiger partial charge on any atom is 0.326 e. The van der Waals surface area contributed by atoms with Crippen LogP contribution in [0.15, 0.2) is 35.5 Å². The molecule has 0 aromatic carbocycles. The molecule has 2 atom stereocenters. The Hall–Kier alpha value is -2.59. The fraction of sp³-hybridized carbons (Fsp3) is 0.400. The summed E-state index contributed by atoms with van der Waals surface area (Å²) in [7, 11) is -3.97. The summed E-state index contributed by atoms with van der Waals surface area (Å²) < 4.78 is 40.6. The summed E-state index contributed by atoms with van der Waals surface area (Å²) >= 11 is 5.75. The molecule has 3 heterocycles. The Labute approximate surface area is 183 Å². The molecule has 164 valence electrons. The van der Waals surface area contributed by atoms with Crippen LogP contribution in [-0.4, -0.2) is 58.1 Å². The molecule has 2 aromatic heterocycles. The first-order chi connectivity index (χ1) is 14.6. The third-order valence-corrected chi connectivity index (χ3v) is 8.06. The number of halogens is 2. The summed E-state index contributed by atoms with van der Waals surface area (Å²) in [5.74, 6) is -2.70. The lowest BCUT2D eigenvalue weighted by Gasteiger charge is -2.26. The van der Waals surface area contributed by atoms with Crippen molar-refractivity contribution in [3.63, 3.8) is 0 Å². The van der Waals surface area contributed by atoms with Gasteiger partial charge in [-0.3, -0.25) is 9.78 Å². The van der Waals surface area contributed by atoms with E-state index in [4.69, 9.17) is 11.6 Å². The predicted molar refractivity (Wildman–Crippen MR) is 108 cm³/mol. The minimum Gasteiger partial charge on any atom is -0.480 e. The zero-order chi connectivity index (χ0) is 22.6. The van der Waals surface area contributed by atoms with Crippen LogP contribution in [-0.2, 0) is 24.8 Å². The summed E-state index contributed by atoms with van der Waals surface area (Å²) in [6.07, 6.45) is 1.53. The second kappa shape index (κ2) is 7.52. The topological polar surface area (TPSA) is 118 Å². The van der Waals surface area contributed by atoms with Crippen LogP contribution in [0.4, 0.5) is 4.39 Å². The largest absolute Gasteiger partial charge is 0.480 e. The Morgan fingerprint density at radius 2 is 2.03 bits per heavy atom. The molecule has 0 bridgehead atoms. The lowest BCUT2D eigenvalue weighted by molar-refractivity contribution is -0.149. The number of carboxylic acids is 1. The molecule has 11 heteroatoms. The summed E-state index contributed by atoms with van der Waals surface area (Å²) in [5.41, 5.74) is -0.900. The molecule has 2 fully saturated rings. The molecule has 1 amide bonds.